The molecule has 0 spiro atoms. The molecule has 0 radical (unpaired) electrons. The summed E-state index contributed by atoms with van der Waals surface area (Å²) < 4.78 is 26.4. The highest BCUT2D eigenvalue weighted by Crippen LogP contribution is 2.25. The van der Waals surface area contributed by atoms with Gasteiger partial charge in [-0.1, -0.05) is 12.1 Å². The molecule has 19 heavy (non-hydrogen) atoms. The zero-order valence-electron chi connectivity index (χ0n) is 11.0. The third kappa shape index (κ3) is 2.97. The third-order valence-corrected chi connectivity index (χ3v) is 5.41. The van der Waals surface area contributed by atoms with Gasteiger partial charge in [-0.05, 0) is 37.6 Å². The Labute approximate surface area is 114 Å². The largest absolute Gasteiger partial charge is 0.395 e. The molecule has 2 N–H and O–H groups in total. The summed E-state index contributed by atoms with van der Waals surface area (Å²) in [5, 5.41) is 12.3. The van der Waals surface area contributed by atoms with E-state index in [4.69, 9.17) is 0 Å². The van der Waals surface area contributed by atoms with Crippen LogP contribution >= 0.6 is 0 Å². The lowest BCUT2D eigenvalue weighted by Crippen LogP contribution is -2.37. The Morgan fingerprint density at radius 2 is 2.05 bits per heavy atom. The molecule has 6 heteroatoms. The normalized spacial score (nSPS) is 20.8. The first-order chi connectivity index (χ1) is 9.09. The maximum Gasteiger partial charge on any atom is 0.243 e. The molecule has 1 heterocycles. The van der Waals surface area contributed by atoms with Gasteiger partial charge in [0.15, 0.2) is 0 Å². The zero-order valence-corrected chi connectivity index (χ0v) is 11.9. The molecule has 5 nitrogen and oxygen atoms in total. The molecule has 0 amide bonds. The molecule has 1 aliphatic rings. The molecule has 1 aromatic rings. The van der Waals surface area contributed by atoms with Crippen LogP contribution in [-0.4, -0.2) is 44.1 Å². The molecule has 1 saturated heterocycles. The van der Waals surface area contributed by atoms with Gasteiger partial charge in [-0.15, -0.1) is 0 Å². The van der Waals surface area contributed by atoms with Crippen LogP contribution in [0.25, 0.3) is 0 Å². The predicted octanol–water partition coefficient (Wildman–Crippen LogP) is 0.551. The quantitative estimate of drug-likeness (QED) is 0.828. The van der Waals surface area contributed by atoms with Crippen molar-refractivity contribution in [3.63, 3.8) is 0 Å². The van der Waals surface area contributed by atoms with Crippen molar-refractivity contribution < 1.29 is 13.5 Å². The van der Waals surface area contributed by atoms with Gasteiger partial charge in [0, 0.05) is 19.1 Å². The summed E-state index contributed by atoms with van der Waals surface area (Å²) in [5.74, 6) is 0. The van der Waals surface area contributed by atoms with E-state index in [2.05, 4.69) is 5.32 Å². The van der Waals surface area contributed by atoms with Gasteiger partial charge >= 0.3 is 0 Å². The summed E-state index contributed by atoms with van der Waals surface area (Å²) in [6.45, 7) is 1.09. The molecule has 0 saturated carbocycles. The maximum absolute atomic E-state index is 12.5. The second-order valence-corrected chi connectivity index (χ2v) is 6.66. The number of benzene rings is 1. The first-order valence-electron chi connectivity index (χ1n) is 6.46. The monoisotopic (exact) mass is 284 g/mol. The van der Waals surface area contributed by atoms with E-state index < -0.39 is 10.0 Å². The molecular weight excluding hydrogens is 264 g/mol. The zero-order chi connectivity index (χ0) is 13.9. The lowest BCUT2D eigenvalue weighted by Gasteiger charge is -2.22. The Kier molecular flexibility index (Phi) is 4.57. The van der Waals surface area contributed by atoms with Crippen molar-refractivity contribution >= 4 is 10.0 Å². The van der Waals surface area contributed by atoms with Crippen molar-refractivity contribution in [2.75, 3.05) is 20.2 Å². The standard InChI is InChI=1S/C13H20N2O3S/c1-14-9-11-4-6-13(7-5-11)19(17,18)15-8-2-3-12(15)10-16/h4-7,12,14,16H,2-3,8-10H2,1H3. The van der Waals surface area contributed by atoms with Crippen molar-refractivity contribution in [3.8, 4) is 0 Å². The van der Waals surface area contributed by atoms with Gasteiger partial charge in [-0.2, -0.15) is 4.31 Å². The molecule has 0 aromatic heterocycles. The minimum absolute atomic E-state index is 0.114. The Morgan fingerprint density at radius 3 is 2.63 bits per heavy atom. The smallest absolute Gasteiger partial charge is 0.243 e. The molecule has 1 fully saturated rings. The molecule has 1 aliphatic heterocycles. The van der Waals surface area contributed by atoms with Crippen LogP contribution < -0.4 is 5.32 Å². The summed E-state index contributed by atoms with van der Waals surface area (Å²) in [7, 11) is -1.63. The molecule has 2 rings (SSSR count). The van der Waals surface area contributed by atoms with E-state index in [-0.39, 0.29) is 12.6 Å². The van der Waals surface area contributed by atoms with Gasteiger partial charge in [0.05, 0.1) is 11.5 Å². The van der Waals surface area contributed by atoms with Crippen LogP contribution in [0.5, 0.6) is 0 Å². The SMILES string of the molecule is CNCc1ccc(S(=O)(=O)N2CCCC2CO)cc1. The minimum Gasteiger partial charge on any atom is -0.395 e. The highest BCUT2D eigenvalue weighted by Gasteiger charge is 2.34. The van der Waals surface area contributed by atoms with Crippen LogP contribution in [0.15, 0.2) is 29.2 Å². The minimum atomic E-state index is -3.48. The average molecular weight is 284 g/mol. The molecule has 1 aromatic carbocycles. The van der Waals surface area contributed by atoms with E-state index in [0.29, 0.717) is 18.0 Å². The molecule has 1 atom stereocenters. The topological polar surface area (TPSA) is 69.6 Å². The first-order valence-corrected chi connectivity index (χ1v) is 7.90. The Bertz CT molecular complexity index is 513. The van der Waals surface area contributed by atoms with Gasteiger partial charge in [0.2, 0.25) is 10.0 Å². The van der Waals surface area contributed by atoms with E-state index in [9.17, 15) is 13.5 Å². The number of sulfonamides is 1. The fraction of sp³-hybridized carbons (Fsp3) is 0.538. The van der Waals surface area contributed by atoms with E-state index in [0.717, 1.165) is 18.4 Å². The van der Waals surface area contributed by atoms with Crippen LogP contribution in [0.1, 0.15) is 18.4 Å². The van der Waals surface area contributed by atoms with E-state index in [1.807, 2.05) is 19.2 Å². The lowest BCUT2D eigenvalue weighted by molar-refractivity contribution is 0.213. The lowest BCUT2D eigenvalue weighted by atomic mass is 10.2. The Hall–Kier alpha value is -0.950. The van der Waals surface area contributed by atoms with E-state index >= 15 is 0 Å². The highest BCUT2D eigenvalue weighted by atomic mass is 32.2. The average Bonchev–Trinajstić information content (AvgIpc) is 2.89. The Morgan fingerprint density at radius 1 is 1.37 bits per heavy atom. The van der Waals surface area contributed by atoms with Gasteiger partial charge in [-0.25, -0.2) is 8.42 Å². The molecular formula is C13H20N2O3S. The van der Waals surface area contributed by atoms with Gasteiger partial charge in [0.1, 0.15) is 0 Å². The van der Waals surface area contributed by atoms with Gasteiger partial charge < -0.3 is 10.4 Å². The predicted molar refractivity (Wildman–Crippen MR) is 73.2 cm³/mol. The number of nitrogens with zero attached hydrogens (tertiary/aromatic N) is 1. The van der Waals surface area contributed by atoms with Crippen LogP contribution in [0.4, 0.5) is 0 Å². The van der Waals surface area contributed by atoms with Crippen LogP contribution in [0.3, 0.4) is 0 Å². The molecule has 0 aliphatic carbocycles. The summed E-state index contributed by atoms with van der Waals surface area (Å²) in [6.07, 6.45) is 1.54. The summed E-state index contributed by atoms with van der Waals surface area (Å²) in [4.78, 5) is 0.299. The number of hydrogen-bond donors (Lipinski definition) is 2. The number of hydrogen-bond acceptors (Lipinski definition) is 4. The van der Waals surface area contributed by atoms with Gasteiger partial charge in [-0.3, -0.25) is 0 Å². The number of rotatable bonds is 5. The molecule has 1 unspecified atom stereocenters. The second kappa shape index (κ2) is 6.00. The van der Waals surface area contributed by atoms with Crippen molar-refractivity contribution in [1.29, 1.82) is 0 Å². The fourth-order valence-electron chi connectivity index (χ4n) is 2.43. The fourth-order valence-corrected chi connectivity index (χ4v) is 4.11. The third-order valence-electron chi connectivity index (χ3n) is 3.44. The highest BCUT2D eigenvalue weighted by molar-refractivity contribution is 7.89. The van der Waals surface area contributed by atoms with Crippen LogP contribution in [0.2, 0.25) is 0 Å². The van der Waals surface area contributed by atoms with Crippen LogP contribution in [-0.2, 0) is 16.6 Å². The summed E-state index contributed by atoms with van der Waals surface area (Å²) >= 11 is 0. The maximum atomic E-state index is 12.5. The van der Waals surface area contributed by atoms with Crippen molar-refractivity contribution in [2.24, 2.45) is 0 Å². The van der Waals surface area contributed by atoms with Crippen molar-refractivity contribution in [1.82, 2.24) is 9.62 Å². The number of nitrogens with one attached hydrogen (secondary N) is 1. The summed E-state index contributed by atoms with van der Waals surface area (Å²) in [6, 6.07) is 6.62. The number of aliphatic hydroxyl groups is 1. The summed E-state index contributed by atoms with van der Waals surface area (Å²) in [5.41, 5.74) is 1.04. The first kappa shape index (κ1) is 14.5. The van der Waals surface area contributed by atoms with Gasteiger partial charge in [0.25, 0.3) is 0 Å². The second-order valence-electron chi connectivity index (χ2n) is 4.77. The molecule has 106 valence electrons. The van der Waals surface area contributed by atoms with E-state index in [1.54, 1.807) is 12.1 Å². The number of aliphatic hydroxyl groups excluding tert-OH is 1. The molecule has 0 bridgehead atoms. The van der Waals surface area contributed by atoms with Crippen LogP contribution in [0, 0.1) is 0 Å². The Balaban J connectivity index is 2.24. The van der Waals surface area contributed by atoms with E-state index in [1.165, 1.54) is 4.31 Å². The van der Waals surface area contributed by atoms with Crippen molar-refractivity contribution in [2.45, 2.75) is 30.3 Å². The van der Waals surface area contributed by atoms with Crippen molar-refractivity contribution in [3.05, 3.63) is 29.8 Å².